The van der Waals surface area contributed by atoms with Gasteiger partial charge in [-0.05, 0) is 17.9 Å². The Bertz CT molecular complexity index is 400. The van der Waals surface area contributed by atoms with Gasteiger partial charge in [0.2, 0.25) is 0 Å². The van der Waals surface area contributed by atoms with Crippen molar-refractivity contribution >= 4 is 5.69 Å². The molecule has 0 N–H and O–H groups in total. The van der Waals surface area contributed by atoms with Gasteiger partial charge in [0.25, 0.3) is 5.69 Å². The fourth-order valence-corrected chi connectivity index (χ4v) is 1.49. The third kappa shape index (κ3) is 3.73. The number of hydrogen-bond donors (Lipinski definition) is 0. The van der Waals surface area contributed by atoms with Gasteiger partial charge in [-0.2, -0.15) is 0 Å². The van der Waals surface area contributed by atoms with Crippen LogP contribution in [0.4, 0.5) is 5.69 Å². The lowest BCUT2D eigenvalue weighted by atomic mass is 10.0. The van der Waals surface area contributed by atoms with Crippen molar-refractivity contribution < 1.29 is 9.66 Å². The predicted octanol–water partition coefficient (Wildman–Crippen LogP) is 3.75. The zero-order valence-electron chi connectivity index (χ0n) is 10.8. The summed E-state index contributed by atoms with van der Waals surface area (Å²) in [7, 11) is 0. The highest BCUT2D eigenvalue weighted by molar-refractivity contribution is 5.45. The molecule has 0 saturated heterocycles. The van der Waals surface area contributed by atoms with Crippen molar-refractivity contribution in [2.45, 2.75) is 33.6 Å². The highest BCUT2D eigenvalue weighted by Crippen LogP contribution is 2.30. The average Bonchev–Trinajstić information content (AvgIpc) is 2.25. The normalized spacial score (nSPS) is 10.9. The maximum Gasteiger partial charge on any atom is 0.269 e. The first-order valence-corrected chi connectivity index (χ1v) is 5.83. The number of benzene rings is 1. The Morgan fingerprint density at radius 3 is 2.41 bits per heavy atom. The standard InChI is InChI=1S/C13H19NO3/c1-9(2)8-17-13-6-5-11(14(15)16)7-12(13)10(3)4/h5-7,9-10H,8H2,1-4H3. The van der Waals surface area contributed by atoms with Gasteiger partial charge in [0.1, 0.15) is 5.75 Å². The van der Waals surface area contributed by atoms with Crippen LogP contribution >= 0.6 is 0 Å². The van der Waals surface area contributed by atoms with Crippen molar-refractivity contribution in [3.05, 3.63) is 33.9 Å². The molecule has 0 aliphatic heterocycles. The Balaban J connectivity index is 3.00. The average molecular weight is 237 g/mol. The Hall–Kier alpha value is -1.58. The molecule has 4 heteroatoms. The van der Waals surface area contributed by atoms with Crippen LogP contribution in [0.3, 0.4) is 0 Å². The van der Waals surface area contributed by atoms with Gasteiger partial charge in [0.05, 0.1) is 11.5 Å². The molecule has 0 fully saturated rings. The molecule has 0 aliphatic carbocycles. The SMILES string of the molecule is CC(C)COc1ccc([N+](=O)[O-])cc1C(C)C. The smallest absolute Gasteiger partial charge is 0.269 e. The lowest BCUT2D eigenvalue weighted by Crippen LogP contribution is -2.07. The number of nitrogens with zero attached hydrogens (tertiary/aromatic N) is 1. The van der Waals surface area contributed by atoms with Gasteiger partial charge in [0, 0.05) is 17.7 Å². The molecular weight excluding hydrogens is 218 g/mol. The second-order valence-electron chi connectivity index (χ2n) is 4.84. The minimum Gasteiger partial charge on any atom is -0.493 e. The molecule has 0 spiro atoms. The van der Waals surface area contributed by atoms with Crippen molar-refractivity contribution in [2.24, 2.45) is 5.92 Å². The third-order valence-electron chi connectivity index (χ3n) is 2.40. The summed E-state index contributed by atoms with van der Waals surface area (Å²) in [6.45, 7) is 8.76. The summed E-state index contributed by atoms with van der Waals surface area (Å²) in [5.74, 6) is 1.39. The number of nitro benzene ring substituents is 1. The lowest BCUT2D eigenvalue weighted by Gasteiger charge is -2.15. The Morgan fingerprint density at radius 1 is 1.29 bits per heavy atom. The molecule has 0 aromatic heterocycles. The minimum absolute atomic E-state index is 0.116. The molecule has 17 heavy (non-hydrogen) atoms. The van der Waals surface area contributed by atoms with E-state index in [4.69, 9.17) is 4.74 Å². The first-order chi connectivity index (χ1) is 7.91. The number of hydrogen-bond acceptors (Lipinski definition) is 3. The zero-order valence-corrected chi connectivity index (χ0v) is 10.8. The molecule has 0 unspecified atom stereocenters. The summed E-state index contributed by atoms with van der Waals surface area (Å²) >= 11 is 0. The van der Waals surface area contributed by atoms with Crippen molar-refractivity contribution in [2.75, 3.05) is 6.61 Å². The number of non-ortho nitro benzene ring substituents is 1. The van der Waals surface area contributed by atoms with Gasteiger partial charge < -0.3 is 4.74 Å². The van der Waals surface area contributed by atoms with Crippen LogP contribution in [0.25, 0.3) is 0 Å². The van der Waals surface area contributed by atoms with Crippen LogP contribution in [0.15, 0.2) is 18.2 Å². The van der Waals surface area contributed by atoms with E-state index < -0.39 is 0 Å². The predicted molar refractivity (Wildman–Crippen MR) is 67.5 cm³/mol. The summed E-state index contributed by atoms with van der Waals surface area (Å²) in [6.07, 6.45) is 0. The molecule has 94 valence electrons. The van der Waals surface area contributed by atoms with Crippen LogP contribution in [-0.4, -0.2) is 11.5 Å². The summed E-state index contributed by atoms with van der Waals surface area (Å²) < 4.78 is 5.67. The van der Waals surface area contributed by atoms with E-state index in [2.05, 4.69) is 13.8 Å². The lowest BCUT2D eigenvalue weighted by molar-refractivity contribution is -0.385. The molecule has 0 saturated carbocycles. The van der Waals surface area contributed by atoms with Gasteiger partial charge in [-0.25, -0.2) is 0 Å². The Labute approximate surface area is 102 Å². The van der Waals surface area contributed by atoms with Crippen LogP contribution in [0.2, 0.25) is 0 Å². The summed E-state index contributed by atoms with van der Waals surface area (Å²) in [4.78, 5) is 10.3. The van der Waals surface area contributed by atoms with E-state index >= 15 is 0 Å². The molecule has 1 aromatic rings. The quantitative estimate of drug-likeness (QED) is 0.578. The Kier molecular flexibility index (Phi) is 4.49. The van der Waals surface area contributed by atoms with Crippen LogP contribution < -0.4 is 4.74 Å². The highest BCUT2D eigenvalue weighted by atomic mass is 16.6. The number of rotatable bonds is 5. The molecule has 1 rings (SSSR count). The van der Waals surface area contributed by atoms with Gasteiger partial charge in [-0.1, -0.05) is 27.7 Å². The molecule has 0 atom stereocenters. The van der Waals surface area contributed by atoms with Gasteiger partial charge in [0.15, 0.2) is 0 Å². The molecule has 0 aliphatic rings. The number of ether oxygens (including phenoxy) is 1. The van der Waals surface area contributed by atoms with E-state index in [9.17, 15) is 10.1 Å². The van der Waals surface area contributed by atoms with E-state index in [-0.39, 0.29) is 16.5 Å². The van der Waals surface area contributed by atoms with Crippen LogP contribution in [0.1, 0.15) is 39.2 Å². The van der Waals surface area contributed by atoms with Crippen molar-refractivity contribution in [1.29, 1.82) is 0 Å². The van der Waals surface area contributed by atoms with Gasteiger partial charge in [-0.3, -0.25) is 10.1 Å². The van der Waals surface area contributed by atoms with Gasteiger partial charge >= 0.3 is 0 Å². The molecule has 0 radical (unpaired) electrons. The van der Waals surface area contributed by atoms with E-state index in [1.54, 1.807) is 12.1 Å². The highest BCUT2D eigenvalue weighted by Gasteiger charge is 2.14. The second kappa shape index (κ2) is 5.66. The summed E-state index contributed by atoms with van der Waals surface area (Å²) in [6, 6.07) is 4.78. The molecule has 0 bridgehead atoms. The molecule has 4 nitrogen and oxygen atoms in total. The summed E-state index contributed by atoms with van der Waals surface area (Å²) in [5.41, 5.74) is 1.01. The number of nitro groups is 1. The second-order valence-corrected chi connectivity index (χ2v) is 4.84. The van der Waals surface area contributed by atoms with Crippen molar-refractivity contribution in [3.8, 4) is 5.75 Å². The van der Waals surface area contributed by atoms with Crippen LogP contribution in [-0.2, 0) is 0 Å². The van der Waals surface area contributed by atoms with Crippen LogP contribution in [0, 0.1) is 16.0 Å². The fraction of sp³-hybridized carbons (Fsp3) is 0.538. The zero-order chi connectivity index (χ0) is 13.0. The van der Waals surface area contributed by atoms with E-state index in [0.29, 0.717) is 12.5 Å². The topological polar surface area (TPSA) is 52.4 Å². The molecular formula is C13H19NO3. The molecule has 0 amide bonds. The van der Waals surface area contributed by atoms with Crippen molar-refractivity contribution in [1.82, 2.24) is 0 Å². The van der Waals surface area contributed by atoms with E-state index in [1.165, 1.54) is 6.07 Å². The van der Waals surface area contributed by atoms with Gasteiger partial charge in [-0.15, -0.1) is 0 Å². The van der Waals surface area contributed by atoms with Crippen LogP contribution in [0.5, 0.6) is 5.75 Å². The monoisotopic (exact) mass is 237 g/mol. The van der Waals surface area contributed by atoms with E-state index in [0.717, 1.165) is 11.3 Å². The first-order valence-electron chi connectivity index (χ1n) is 5.83. The maximum absolute atomic E-state index is 10.7. The Morgan fingerprint density at radius 2 is 1.94 bits per heavy atom. The van der Waals surface area contributed by atoms with Crippen molar-refractivity contribution in [3.63, 3.8) is 0 Å². The molecule has 1 aromatic carbocycles. The summed E-state index contributed by atoms with van der Waals surface area (Å²) in [5, 5.41) is 10.7. The molecule has 0 heterocycles. The van der Waals surface area contributed by atoms with E-state index in [1.807, 2.05) is 13.8 Å². The maximum atomic E-state index is 10.7. The fourth-order valence-electron chi connectivity index (χ4n) is 1.49. The largest absolute Gasteiger partial charge is 0.493 e. The third-order valence-corrected chi connectivity index (χ3v) is 2.40. The first kappa shape index (κ1) is 13.5. The minimum atomic E-state index is -0.377.